The van der Waals surface area contributed by atoms with Gasteiger partial charge in [0.15, 0.2) is 0 Å². The Balaban J connectivity index is 2.28. The predicted molar refractivity (Wildman–Crippen MR) is 73.5 cm³/mol. The van der Waals surface area contributed by atoms with E-state index in [1.807, 2.05) is 13.8 Å². The summed E-state index contributed by atoms with van der Waals surface area (Å²) in [6, 6.07) is 4.57. The number of carbonyl (C=O) groups excluding carboxylic acids is 1. The molecule has 104 valence electrons. The van der Waals surface area contributed by atoms with Gasteiger partial charge in [-0.2, -0.15) is 0 Å². The first-order valence-electron chi connectivity index (χ1n) is 6.83. The van der Waals surface area contributed by atoms with Gasteiger partial charge in [0.05, 0.1) is 5.56 Å². The third-order valence-electron chi connectivity index (χ3n) is 3.77. The molecule has 2 atom stereocenters. The topological polar surface area (TPSA) is 46.3 Å². The van der Waals surface area contributed by atoms with Gasteiger partial charge in [-0.25, -0.2) is 4.39 Å². The summed E-state index contributed by atoms with van der Waals surface area (Å²) in [5, 5.41) is 0. The molecule has 4 heteroatoms. The maximum absolute atomic E-state index is 13.8. The third kappa shape index (κ3) is 2.95. The van der Waals surface area contributed by atoms with Crippen LogP contribution in [0.5, 0.6) is 0 Å². The summed E-state index contributed by atoms with van der Waals surface area (Å²) >= 11 is 0. The summed E-state index contributed by atoms with van der Waals surface area (Å²) in [5.74, 6) is -0.687. The van der Waals surface area contributed by atoms with E-state index in [1.54, 1.807) is 17.0 Å². The molecule has 2 N–H and O–H groups in total. The first-order valence-corrected chi connectivity index (χ1v) is 6.83. The van der Waals surface area contributed by atoms with Crippen molar-refractivity contribution in [2.75, 3.05) is 6.54 Å². The molecule has 2 rings (SSSR count). The van der Waals surface area contributed by atoms with Crippen LogP contribution in [0.4, 0.5) is 4.39 Å². The summed E-state index contributed by atoms with van der Waals surface area (Å²) in [7, 11) is 0. The number of amides is 1. The molecule has 1 saturated heterocycles. The molecule has 19 heavy (non-hydrogen) atoms. The van der Waals surface area contributed by atoms with Crippen molar-refractivity contribution in [2.24, 2.45) is 5.73 Å². The summed E-state index contributed by atoms with van der Waals surface area (Å²) < 4.78 is 13.8. The maximum Gasteiger partial charge on any atom is 0.257 e. The number of piperidine rings is 1. The van der Waals surface area contributed by atoms with Crippen LogP contribution >= 0.6 is 0 Å². The average molecular weight is 264 g/mol. The van der Waals surface area contributed by atoms with Crippen LogP contribution in [0.1, 0.15) is 42.1 Å². The minimum absolute atomic E-state index is 0.0150. The highest BCUT2D eigenvalue weighted by atomic mass is 19.1. The molecule has 1 fully saturated rings. The molecule has 1 aromatic carbocycles. The lowest BCUT2D eigenvalue weighted by atomic mass is 9.95. The molecule has 1 aromatic rings. The van der Waals surface area contributed by atoms with Gasteiger partial charge >= 0.3 is 0 Å². The molecule has 0 aromatic heterocycles. The molecular weight excluding hydrogens is 243 g/mol. The molecular formula is C15H21FN2O. The Morgan fingerprint density at radius 3 is 2.89 bits per heavy atom. The average Bonchev–Trinajstić information content (AvgIpc) is 2.40. The molecule has 0 radical (unpaired) electrons. The van der Waals surface area contributed by atoms with Gasteiger partial charge in [0.1, 0.15) is 5.82 Å². The number of likely N-dealkylation sites (tertiary alicyclic amines) is 1. The van der Waals surface area contributed by atoms with Crippen LogP contribution in [0, 0.1) is 12.7 Å². The van der Waals surface area contributed by atoms with Crippen molar-refractivity contribution in [2.45, 2.75) is 45.2 Å². The van der Waals surface area contributed by atoms with E-state index in [4.69, 9.17) is 5.73 Å². The third-order valence-corrected chi connectivity index (χ3v) is 3.77. The van der Waals surface area contributed by atoms with E-state index < -0.39 is 5.82 Å². The van der Waals surface area contributed by atoms with Gasteiger partial charge in [0, 0.05) is 18.6 Å². The molecule has 1 aliphatic rings. The van der Waals surface area contributed by atoms with Crippen LogP contribution in [0.2, 0.25) is 0 Å². The fourth-order valence-corrected chi connectivity index (χ4v) is 2.71. The predicted octanol–water partition coefficient (Wildman–Crippen LogP) is 2.48. The van der Waals surface area contributed by atoms with E-state index in [0.29, 0.717) is 6.54 Å². The van der Waals surface area contributed by atoms with Gasteiger partial charge in [-0.15, -0.1) is 0 Å². The lowest BCUT2D eigenvalue weighted by Crippen LogP contribution is -2.51. The Bertz CT molecular complexity index is 473. The standard InChI is InChI=1S/C15H21FN2O/c1-10-6-7-13(16)12(9-10)15(19)18-8-4-3-5-14(18)11(2)17/h6-7,9,11,14H,3-5,8,17H2,1-2H3/t11-,14-/m0/s1. The Morgan fingerprint density at radius 2 is 2.21 bits per heavy atom. The number of nitrogens with two attached hydrogens (primary N) is 1. The van der Waals surface area contributed by atoms with Gasteiger partial charge < -0.3 is 10.6 Å². The lowest BCUT2D eigenvalue weighted by Gasteiger charge is -2.38. The highest BCUT2D eigenvalue weighted by Gasteiger charge is 2.30. The van der Waals surface area contributed by atoms with Crippen molar-refractivity contribution in [1.82, 2.24) is 4.90 Å². The number of aryl methyl sites for hydroxylation is 1. The maximum atomic E-state index is 13.8. The number of nitrogens with zero attached hydrogens (tertiary/aromatic N) is 1. The van der Waals surface area contributed by atoms with Crippen molar-refractivity contribution >= 4 is 5.91 Å². The van der Waals surface area contributed by atoms with E-state index >= 15 is 0 Å². The first kappa shape index (κ1) is 14.0. The minimum Gasteiger partial charge on any atom is -0.334 e. The molecule has 0 aliphatic carbocycles. The fraction of sp³-hybridized carbons (Fsp3) is 0.533. The number of hydrogen-bond acceptors (Lipinski definition) is 2. The van der Waals surface area contributed by atoms with E-state index in [2.05, 4.69) is 0 Å². The summed E-state index contributed by atoms with van der Waals surface area (Å²) in [6.07, 6.45) is 2.94. The second-order valence-electron chi connectivity index (χ2n) is 5.40. The number of carbonyl (C=O) groups is 1. The zero-order valence-electron chi connectivity index (χ0n) is 11.5. The lowest BCUT2D eigenvalue weighted by molar-refractivity contribution is 0.0579. The van der Waals surface area contributed by atoms with Crippen molar-refractivity contribution in [3.63, 3.8) is 0 Å². The molecule has 0 saturated carbocycles. The first-order chi connectivity index (χ1) is 9.00. The second kappa shape index (κ2) is 5.70. The molecule has 3 nitrogen and oxygen atoms in total. The Hall–Kier alpha value is -1.42. The summed E-state index contributed by atoms with van der Waals surface area (Å²) in [4.78, 5) is 14.3. The number of halogens is 1. The quantitative estimate of drug-likeness (QED) is 0.892. The monoisotopic (exact) mass is 264 g/mol. The van der Waals surface area contributed by atoms with Crippen molar-refractivity contribution in [1.29, 1.82) is 0 Å². The zero-order valence-corrected chi connectivity index (χ0v) is 11.5. The second-order valence-corrected chi connectivity index (χ2v) is 5.40. The number of hydrogen-bond donors (Lipinski definition) is 1. The molecule has 1 amide bonds. The normalized spacial score (nSPS) is 21.3. The SMILES string of the molecule is Cc1ccc(F)c(C(=O)N2CCCC[C@H]2[C@H](C)N)c1. The van der Waals surface area contributed by atoms with Crippen molar-refractivity contribution < 1.29 is 9.18 Å². The van der Waals surface area contributed by atoms with Crippen LogP contribution in [0.15, 0.2) is 18.2 Å². The highest BCUT2D eigenvalue weighted by molar-refractivity contribution is 5.95. The van der Waals surface area contributed by atoms with Crippen LogP contribution < -0.4 is 5.73 Å². The molecule has 1 aliphatic heterocycles. The van der Waals surface area contributed by atoms with E-state index in [0.717, 1.165) is 24.8 Å². The van der Waals surface area contributed by atoms with Gasteiger partial charge in [-0.3, -0.25) is 4.79 Å². The van der Waals surface area contributed by atoms with Crippen LogP contribution in [-0.2, 0) is 0 Å². The van der Waals surface area contributed by atoms with Crippen molar-refractivity contribution in [3.8, 4) is 0 Å². The van der Waals surface area contributed by atoms with Gasteiger partial charge in [0.25, 0.3) is 5.91 Å². The van der Waals surface area contributed by atoms with Crippen molar-refractivity contribution in [3.05, 3.63) is 35.1 Å². The largest absolute Gasteiger partial charge is 0.334 e. The van der Waals surface area contributed by atoms with E-state index in [1.165, 1.54) is 6.07 Å². The molecule has 0 spiro atoms. The van der Waals surface area contributed by atoms with Crippen LogP contribution in [-0.4, -0.2) is 29.4 Å². The van der Waals surface area contributed by atoms with Gasteiger partial charge in [-0.05, 0) is 45.2 Å². The zero-order chi connectivity index (χ0) is 14.0. The fourth-order valence-electron chi connectivity index (χ4n) is 2.71. The Morgan fingerprint density at radius 1 is 1.47 bits per heavy atom. The van der Waals surface area contributed by atoms with Crippen LogP contribution in [0.3, 0.4) is 0 Å². The minimum atomic E-state index is -0.454. The smallest absolute Gasteiger partial charge is 0.257 e. The molecule has 0 unspecified atom stereocenters. The Labute approximate surface area is 113 Å². The Kier molecular flexibility index (Phi) is 4.20. The van der Waals surface area contributed by atoms with Crippen LogP contribution in [0.25, 0.3) is 0 Å². The summed E-state index contributed by atoms with van der Waals surface area (Å²) in [5.41, 5.74) is 7.00. The van der Waals surface area contributed by atoms with Gasteiger partial charge in [0.2, 0.25) is 0 Å². The molecule has 0 bridgehead atoms. The molecule has 1 heterocycles. The number of benzene rings is 1. The number of rotatable bonds is 2. The summed E-state index contributed by atoms with van der Waals surface area (Å²) in [6.45, 7) is 4.43. The van der Waals surface area contributed by atoms with Gasteiger partial charge in [-0.1, -0.05) is 11.6 Å². The highest BCUT2D eigenvalue weighted by Crippen LogP contribution is 2.22. The van der Waals surface area contributed by atoms with E-state index in [9.17, 15) is 9.18 Å². The van der Waals surface area contributed by atoms with E-state index in [-0.39, 0.29) is 23.6 Å².